The molecule has 0 saturated carbocycles. The van der Waals surface area contributed by atoms with Gasteiger partial charge in [0.25, 0.3) is 0 Å². The van der Waals surface area contributed by atoms with Crippen molar-refractivity contribution >= 4 is 11.7 Å². The first kappa shape index (κ1) is 15.0. The Balaban J connectivity index is 1.71. The maximum absolute atomic E-state index is 11.1. The van der Waals surface area contributed by atoms with Crippen LogP contribution in [0.2, 0.25) is 0 Å². The van der Waals surface area contributed by atoms with E-state index in [-0.39, 0.29) is 6.04 Å². The third kappa shape index (κ3) is 2.41. The number of benzene rings is 2. The maximum atomic E-state index is 11.1. The van der Waals surface area contributed by atoms with Crippen LogP contribution in [0.4, 0.5) is 5.69 Å². The van der Waals surface area contributed by atoms with Gasteiger partial charge in [0.1, 0.15) is 0 Å². The molecule has 2 N–H and O–H groups in total. The van der Waals surface area contributed by atoms with Gasteiger partial charge in [0.15, 0.2) is 0 Å². The standard InChI is InChI=1S/C21H21NO2/c1-2-13-6-11-19-18(12-13)16-4-3-5-17(16)20(22-19)14-7-9-15(10-8-14)21(23)24/h3-4,6-12,16-17,20,22H,2,5H2,1H3,(H,23,24)/t16-,17-,20-/m1/s1. The largest absolute Gasteiger partial charge is 0.478 e. The molecule has 1 heterocycles. The maximum Gasteiger partial charge on any atom is 0.335 e. The predicted molar refractivity (Wildman–Crippen MR) is 95.6 cm³/mol. The lowest BCUT2D eigenvalue weighted by atomic mass is 9.76. The van der Waals surface area contributed by atoms with Gasteiger partial charge in [0.2, 0.25) is 0 Å². The van der Waals surface area contributed by atoms with E-state index < -0.39 is 5.97 Å². The number of hydrogen-bond acceptors (Lipinski definition) is 2. The first-order valence-corrected chi connectivity index (χ1v) is 8.56. The van der Waals surface area contributed by atoms with Crippen LogP contribution in [0, 0.1) is 5.92 Å². The Labute approximate surface area is 142 Å². The van der Waals surface area contributed by atoms with Crippen molar-refractivity contribution in [2.75, 3.05) is 5.32 Å². The summed E-state index contributed by atoms with van der Waals surface area (Å²) >= 11 is 0. The molecule has 3 heteroatoms. The summed E-state index contributed by atoms with van der Waals surface area (Å²) in [6, 6.07) is 14.2. The molecule has 0 amide bonds. The zero-order chi connectivity index (χ0) is 16.7. The number of carboxylic acid groups (broad SMARTS) is 1. The molecule has 0 radical (unpaired) electrons. The average molecular weight is 319 g/mol. The zero-order valence-corrected chi connectivity index (χ0v) is 13.7. The van der Waals surface area contributed by atoms with Crippen molar-refractivity contribution in [3.8, 4) is 0 Å². The number of carbonyl (C=O) groups is 1. The Morgan fingerprint density at radius 3 is 2.71 bits per heavy atom. The average Bonchev–Trinajstić information content (AvgIpc) is 3.10. The predicted octanol–water partition coefficient (Wildman–Crippen LogP) is 4.77. The van der Waals surface area contributed by atoms with Crippen molar-refractivity contribution in [2.24, 2.45) is 5.92 Å². The Bertz CT molecular complexity index is 807. The summed E-state index contributed by atoms with van der Waals surface area (Å²) in [6.07, 6.45) is 6.72. The number of anilines is 1. The van der Waals surface area contributed by atoms with E-state index in [4.69, 9.17) is 5.11 Å². The molecule has 2 aliphatic rings. The number of rotatable bonds is 3. The molecule has 4 rings (SSSR count). The molecular formula is C21H21NO2. The van der Waals surface area contributed by atoms with Crippen molar-refractivity contribution in [3.63, 3.8) is 0 Å². The number of fused-ring (bicyclic) bond motifs is 3. The molecule has 1 aliphatic heterocycles. The van der Waals surface area contributed by atoms with Gasteiger partial charge in [0, 0.05) is 11.6 Å². The van der Waals surface area contributed by atoms with Crippen molar-refractivity contribution in [3.05, 3.63) is 76.9 Å². The summed E-state index contributed by atoms with van der Waals surface area (Å²) in [5, 5.41) is 12.8. The van der Waals surface area contributed by atoms with Crippen LogP contribution in [0.15, 0.2) is 54.6 Å². The van der Waals surface area contributed by atoms with Crippen LogP contribution in [-0.4, -0.2) is 11.1 Å². The van der Waals surface area contributed by atoms with Crippen LogP contribution in [0.5, 0.6) is 0 Å². The highest BCUT2D eigenvalue weighted by Crippen LogP contribution is 2.49. The molecule has 0 spiro atoms. The lowest BCUT2D eigenvalue weighted by Gasteiger charge is -2.37. The van der Waals surface area contributed by atoms with Crippen molar-refractivity contribution in [2.45, 2.75) is 31.7 Å². The fourth-order valence-electron chi connectivity index (χ4n) is 4.03. The Morgan fingerprint density at radius 1 is 1.21 bits per heavy atom. The third-order valence-corrected chi connectivity index (χ3v) is 5.35. The molecule has 3 atom stereocenters. The van der Waals surface area contributed by atoms with Crippen molar-refractivity contribution in [1.82, 2.24) is 0 Å². The monoisotopic (exact) mass is 319 g/mol. The van der Waals surface area contributed by atoms with Crippen molar-refractivity contribution < 1.29 is 9.90 Å². The Morgan fingerprint density at radius 2 is 2.00 bits per heavy atom. The van der Waals surface area contributed by atoms with Gasteiger partial charge in [-0.2, -0.15) is 0 Å². The quantitative estimate of drug-likeness (QED) is 0.801. The van der Waals surface area contributed by atoms with Gasteiger partial charge in [-0.25, -0.2) is 4.79 Å². The minimum atomic E-state index is -0.879. The fraction of sp³-hybridized carbons (Fsp3) is 0.286. The summed E-state index contributed by atoms with van der Waals surface area (Å²) in [4.78, 5) is 11.1. The highest BCUT2D eigenvalue weighted by atomic mass is 16.4. The number of nitrogens with one attached hydrogen (secondary N) is 1. The van der Waals surface area contributed by atoms with E-state index in [1.54, 1.807) is 12.1 Å². The second kappa shape index (κ2) is 5.82. The van der Waals surface area contributed by atoms with Gasteiger partial charge in [-0.05, 0) is 53.6 Å². The van der Waals surface area contributed by atoms with Gasteiger partial charge in [-0.1, -0.05) is 43.3 Å². The highest BCUT2D eigenvalue weighted by molar-refractivity contribution is 5.87. The van der Waals surface area contributed by atoms with Crippen LogP contribution in [0.3, 0.4) is 0 Å². The summed E-state index contributed by atoms with van der Waals surface area (Å²) in [6.45, 7) is 2.19. The minimum absolute atomic E-state index is 0.216. The molecule has 24 heavy (non-hydrogen) atoms. The molecule has 0 unspecified atom stereocenters. The van der Waals surface area contributed by atoms with Crippen LogP contribution in [-0.2, 0) is 6.42 Å². The summed E-state index contributed by atoms with van der Waals surface area (Å²) < 4.78 is 0. The molecular weight excluding hydrogens is 298 g/mol. The van der Waals surface area contributed by atoms with E-state index in [0.29, 0.717) is 17.4 Å². The molecule has 122 valence electrons. The van der Waals surface area contributed by atoms with Gasteiger partial charge >= 0.3 is 5.97 Å². The van der Waals surface area contributed by atoms with E-state index in [1.807, 2.05) is 12.1 Å². The number of aromatic carboxylic acids is 1. The summed E-state index contributed by atoms with van der Waals surface area (Å²) in [7, 11) is 0. The molecule has 2 aromatic carbocycles. The smallest absolute Gasteiger partial charge is 0.335 e. The van der Waals surface area contributed by atoms with Gasteiger partial charge in [-0.15, -0.1) is 0 Å². The van der Waals surface area contributed by atoms with E-state index >= 15 is 0 Å². The number of carboxylic acids is 1. The molecule has 0 fully saturated rings. The van der Waals surface area contributed by atoms with Crippen molar-refractivity contribution in [1.29, 1.82) is 0 Å². The van der Waals surface area contributed by atoms with Gasteiger partial charge in [0.05, 0.1) is 11.6 Å². The number of hydrogen-bond donors (Lipinski definition) is 2. The fourth-order valence-corrected chi connectivity index (χ4v) is 4.03. The van der Waals surface area contributed by atoms with E-state index in [9.17, 15) is 4.79 Å². The Hall–Kier alpha value is -2.55. The second-order valence-corrected chi connectivity index (χ2v) is 6.68. The Kier molecular flexibility index (Phi) is 3.64. The topological polar surface area (TPSA) is 49.3 Å². The normalized spacial score (nSPS) is 24.1. The molecule has 0 saturated heterocycles. The van der Waals surface area contributed by atoms with E-state index in [1.165, 1.54) is 16.8 Å². The lowest BCUT2D eigenvalue weighted by molar-refractivity contribution is 0.0697. The lowest BCUT2D eigenvalue weighted by Crippen LogP contribution is -2.29. The van der Waals surface area contributed by atoms with E-state index in [2.05, 4.69) is 42.6 Å². The van der Waals surface area contributed by atoms with Gasteiger partial charge in [-0.3, -0.25) is 0 Å². The highest BCUT2D eigenvalue weighted by Gasteiger charge is 2.37. The molecule has 0 bridgehead atoms. The summed E-state index contributed by atoms with van der Waals surface area (Å²) in [5.41, 5.74) is 5.46. The molecule has 0 aromatic heterocycles. The van der Waals surface area contributed by atoms with Crippen LogP contribution < -0.4 is 5.32 Å². The molecule has 2 aromatic rings. The third-order valence-electron chi connectivity index (χ3n) is 5.35. The van der Waals surface area contributed by atoms with Gasteiger partial charge < -0.3 is 10.4 Å². The molecule has 3 nitrogen and oxygen atoms in total. The van der Waals surface area contributed by atoms with E-state index in [0.717, 1.165) is 18.4 Å². The first-order chi connectivity index (χ1) is 11.7. The first-order valence-electron chi connectivity index (χ1n) is 8.56. The van der Waals surface area contributed by atoms with Crippen LogP contribution in [0.1, 0.15) is 52.4 Å². The molecule has 1 aliphatic carbocycles. The summed E-state index contributed by atoms with van der Waals surface area (Å²) in [5.74, 6) is 0.0492. The van der Waals surface area contributed by atoms with Crippen LogP contribution in [0.25, 0.3) is 0 Å². The van der Waals surface area contributed by atoms with Crippen LogP contribution >= 0.6 is 0 Å². The number of aryl methyl sites for hydroxylation is 1. The number of allylic oxidation sites excluding steroid dienone is 2. The SMILES string of the molecule is CCc1ccc2c(c1)[C@@H]1C=CC[C@H]1[C@@H](c1ccc(C(=O)O)cc1)N2. The zero-order valence-electron chi connectivity index (χ0n) is 13.7. The minimum Gasteiger partial charge on any atom is -0.478 e. The second-order valence-electron chi connectivity index (χ2n) is 6.68.